The molecule has 0 saturated carbocycles. The molecule has 6 heteroatoms. The van der Waals surface area contributed by atoms with E-state index in [1.807, 2.05) is 70.5 Å². The van der Waals surface area contributed by atoms with E-state index in [0.717, 1.165) is 39.3 Å². The first-order valence-electron chi connectivity index (χ1n) is 8.85. The highest BCUT2D eigenvalue weighted by atomic mass is 15.5. The standard InChI is InChI=1S/C22H16N6/c1-16-10-15-27(17-7-12-23-13-8-17)26-22(16)21-9-14-25-28(21)20-6-2-5-19-18(20)4-3-11-24-19/h2-15H,1H2. The highest BCUT2D eigenvalue weighted by molar-refractivity contribution is 6.14. The minimum Gasteiger partial charge on any atom is -0.265 e. The Morgan fingerprint density at radius 3 is 2.64 bits per heavy atom. The molecule has 28 heavy (non-hydrogen) atoms. The molecule has 6 nitrogen and oxygen atoms in total. The minimum atomic E-state index is 0.762. The number of hydrogen-bond acceptors (Lipinski definition) is 5. The van der Waals surface area contributed by atoms with Crippen molar-refractivity contribution in [3.8, 4) is 5.69 Å². The van der Waals surface area contributed by atoms with Gasteiger partial charge in [0.1, 0.15) is 5.71 Å². The van der Waals surface area contributed by atoms with E-state index in [0.29, 0.717) is 0 Å². The second-order valence-electron chi connectivity index (χ2n) is 6.32. The maximum Gasteiger partial charge on any atom is 0.116 e. The first-order chi connectivity index (χ1) is 13.8. The quantitative estimate of drug-likeness (QED) is 0.549. The van der Waals surface area contributed by atoms with Gasteiger partial charge in [0, 0.05) is 30.2 Å². The van der Waals surface area contributed by atoms with Crippen LogP contribution in [0.5, 0.6) is 0 Å². The van der Waals surface area contributed by atoms with Gasteiger partial charge in [-0.15, -0.1) is 0 Å². The molecule has 0 amide bonds. The van der Waals surface area contributed by atoms with E-state index < -0.39 is 0 Å². The molecule has 0 unspecified atom stereocenters. The monoisotopic (exact) mass is 364 g/mol. The summed E-state index contributed by atoms with van der Waals surface area (Å²) >= 11 is 0. The predicted molar refractivity (Wildman–Crippen MR) is 110 cm³/mol. The maximum absolute atomic E-state index is 4.80. The summed E-state index contributed by atoms with van der Waals surface area (Å²) in [5, 5.41) is 12.2. The van der Waals surface area contributed by atoms with Crippen LogP contribution in [-0.4, -0.2) is 25.5 Å². The lowest BCUT2D eigenvalue weighted by Gasteiger charge is -2.21. The Kier molecular flexibility index (Phi) is 3.80. The fourth-order valence-corrected chi connectivity index (χ4v) is 3.25. The van der Waals surface area contributed by atoms with Crippen LogP contribution in [0.15, 0.2) is 103 Å². The van der Waals surface area contributed by atoms with E-state index in [-0.39, 0.29) is 0 Å². The van der Waals surface area contributed by atoms with Gasteiger partial charge >= 0.3 is 0 Å². The molecule has 0 fully saturated rings. The van der Waals surface area contributed by atoms with Gasteiger partial charge < -0.3 is 0 Å². The van der Waals surface area contributed by atoms with E-state index in [2.05, 4.69) is 21.6 Å². The second kappa shape index (κ2) is 6.59. The van der Waals surface area contributed by atoms with Crippen LogP contribution in [0.25, 0.3) is 16.6 Å². The number of allylic oxidation sites excluding steroid dienone is 2. The van der Waals surface area contributed by atoms with Gasteiger partial charge in [0.25, 0.3) is 0 Å². The molecule has 0 spiro atoms. The number of nitrogens with zero attached hydrogens (tertiary/aromatic N) is 6. The fourth-order valence-electron chi connectivity index (χ4n) is 3.25. The number of benzene rings is 1. The first kappa shape index (κ1) is 16.1. The van der Waals surface area contributed by atoms with Crippen molar-refractivity contribution in [1.82, 2.24) is 19.7 Å². The largest absolute Gasteiger partial charge is 0.265 e. The molecule has 0 N–H and O–H groups in total. The summed E-state index contributed by atoms with van der Waals surface area (Å²) in [4.78, 5) is 8.52. The first-order valence-corrected chi connectivity index (χ1v) is 8.85. The lowest BCUT2D eigenvalue weighted by molar-refractivity contribution is 0.874. The molecular formula is C22H16N6. The average molecular weight is 364 g/mol. The molecular weight excluding hydrogens is 348 g/mol. The lowest BCUT2D eigenvalue weighted by Crippen LogP contribution is -2.21. The Hall–Kier alpha value is -4.06. The molecule has 4 aromatic rings. The summed E-state index contributed by atoms with van der Waals surface area (Å²) in [5.74, 6) is 0. The Balaban J connectivity index is 1.64. The fraction of sp³-hybridized carbons (Fsp3) is 0. The summed E-state index contributed by atoms with van der Waals surface area (Å²) in [5.41, 5.74) is 5.25. The third kappa shape index (κ3) is 2.68. The summed E-state index contributed by atoms with van der Waals surface area (Å²) in [6, 6.07) is 15.8. The van der Waals surface area contributed by atoms with Crippen LogP contribution < -0.4 is 5.01 Å². The highest BCUT2D eigenvalue weighted by Crippen LogP contribution is 2.25. The van der Waals surface area contributed by atoms with E-state index >= 15 is 0 Å². The van der Waals surface area contributed by atoms with Crippen LogP contribution in [0.2, 0.25) is 0 Å². The third-order valence-corrected chi connectivity index (χ3v) is 4.59. The van der Waals surface area contributed by atoms with Crippen molar-refractivity contribution in [1.29, 1.82) is 0 Å². The van der Waals surface area contributed by atoms with E-state index in [9.17, 15) is 0 Å². The Morgan fingerprint density at radius 1 is 0.857 bits per heavy atom. The molecule has 1 aliphatic heterocycles. The van der Waals surface area contributed by atoms with Crippen molar-refractivity contribution in [2.24, 2.45) is 5.10 Å². The van der Waals surface area contributed by atoms with Gasteiger partial charge in [-0.2, -0.15) is 10.2 Å². The molecule has 1 aliphatic rings. The Bertz CT molecular complexity index is 1230. The van der Waals surface area contributed by atoms with Gasteiger partial charge in [-0.05, 0) is 54.1 Å². The molecule has 4 heterocycles. The third-order valence-electron chi connectivity index (χ3n) is 4.59. The van der Waals surface area contributed by atoms with Crippen molar-refractivity contribution in [3.05, 3.63) is 103 Å². The smallest absolute Gasteiger partial charge is 0.116 e. The molecule has 5 rings (SSSR count). The van der Waals surface area contributed by atoms with Crippen molar-refractivity contribution < 1.29 is 0 Å². The van der Waals surface area contributed by atoms with Gasteiger partial charge in [0.2, 0.25) is 0 Å². The van der Waals surface area contributed by atoms with E-state index in [1.54, 1.807) is 24.8 Å². The van der Waals surface area contributed by atoms with Crippen molar-refractivity contribution >= 4 is 22.3 Å². The molecule has 3 aromatic heterocycles. The molecule has 1 aromatic carbocycles. The van der Waals surface area contributed by atoms with Crippen LogP contribution in [0.3, 0.4) is 0 Å². The minimum absolute atomic E-state index is 0.762. The summed E-state index contributed by atoms with van der Waals surface area (Å²) < 4.78 is 1.89. The average Bonchev–Trinajstić information content (AvgIpc) is 3.24. The maximum atomic E-state index is 4.80. The summed E-state index contributed by atoms with van der Waals surface area (Å²) in [6.07, 6.45) is 10.9. The Labute approximate surface area is 161 Å². The van der Waals surface area contributed by atoms with Gasteiger partial charge in [-0.25, -0.2) is 9.69 Å². The molecule has 134 valence electrons. The van der Waals surface area contributed by atoms with Crippen molar-refractivity contribution in [2.75, 3.05) is 5.01 Å². The number of hydrogen-bond donors (Lipinski definition) is 0. The number of anilines is 1. The van der Waals surface area contributed by atoms with Crippen molar-refractivity contribution in [3.63, 3.8) is 0 Å². The normalized spacial score (nSPS) is 13.8. The molecule has 0 radical (unpaired) electrons. The van der Waals surface area contributed by atoms with Crippen LogP contribution in [0.4, 0.5) is 5.69 Å². The number of fused-ring (bicyclic) bond motifs is 1. The SMILES string of the molecule is C=C1C=CN(c2ccncc2)N=C1c1ccnn1-c1cccc2ncccc12. The van der Waals surface area contributed by atoms with Crippen molar-refractivity contribution in [2.45, 2.75) is 0 Å². The molecule has 0 saturated heterocycles. The Morgan fingerprint density at radius 2 is 1.75 bits per heavy atom. The number of rotatable bonds is 3. The van der Waals surface area contributed by atoms with E-state index in [4.69, 9.17) is 5.10 Å². The van der Waals surface area contributed by atoms with Crippen LogP contribution >= 0.6 is 0 Å². The lowest BCUT2D eigenvalue weighted by atomic mass is 10.1. The zero-order valence-electron chi connectivity index (χ0n) is 15.0. The summed E-state index contributed by atoms with van der Waals surface area (Å²) in [6.45, 7) is 4.17. The molecule has 0 bridgehead atoms. The summed E-state index contributed by atoms with van der Waals surface area (Å²) in [7, 11) is 0. The van der Waals surface area contributed by atoms with Gasteiger partial charge in [-0.3, -0.25) is 9.97 Å². The molecule has 0 atom stereocenters. The van der Waals surface area contributed by atoms with Gasteiger partial charge in [0.05, 0.1) is 28.8 Å². The van der Waals surface area contributed by atoms with Crippen LogP contribution in [0, 0.1) is 0 Å². The van der Waals surface area contributed by atoms with E-state index in [1.165, 1.54) is 0 Å². The number of pyridine rings is 2. The molecule has 0 aliphatic carbocycles. The zero-order valence-corrected chi connectivity index (χ0v) is 15.0. The topological polar surface area (TPSA) is 59.2 Å². The van der Waals surface area contributed by atoms with Gasteiger partial charge in [-0.1, -0.05) is 12.6 Å². The highest BCUT2D eigenvalue weighted by Gasteiger charge is 2.19. The predicted octanol–water partition coefficient (Wildman–Crippen LogP) is 4.11. The van der Waals surface area contributed by atoms with Gasteiger partial charge in [0.15, 0.2) is 0 Å². The van der Waals surface area contributed by atoms with Crippen LogP contribution in [-0.2, 0) is 0 Å². The number of aromatic nitrogens is 4. The van der Waals surface area contributed by atoms with Crippen LogP contribution in [0.1, 0.15) is 5.69 Å². The second-order valence-corrected chi connectivity index (χ2v) is 6.32. The zero-order chi connectivity index (χ0) is 18.9. The number of hydrazone groups is 1.